The SMILES string of the molecule is Cc1ccc(O)c(C)c1-n1c2nc(N3CCCC3)ccc2c2c(N)ncnc21. The van der Waals surface area contributed by atoms with Crippen LogP contribution < -0.4 is 10.6 Å². The maximum absolute atomic E-state index is 10.3. The average Bonchev–Trinajstić information content (AvgIpc) is 3.32. The van der Waals surface area contributed by atoms with Gasteiger partial charge in [0.25, 0.3) is 0 Å². The van der Waals surface area contributed by atoms with E-state index in [4.69, 9.17) is 10.7 Å². The molecule has 1 aliphatic heterocycles. The first-order valence-electron chi connectivity index (χ1n) is 9.52. The molecule has 0 spiro atoms. The number of fused-ring (bicyclic) bond motifs is 3. The number of hydrogen-bond donors (Lipinski definition) is 2. The van der Waals surface area contributed by atoms with Crippen LogP contribution in [0.2, 0.25) is 0 Å². The lowest BCUT2D eigenvalue weighted by Gasteiger charge is -2.18. The summed E-state index contributed by atoms with van der Waals surface area (Å²) in [6.07, 6.45) is 3.85. The van der Waals surface area contributed by atoms with E-state index < -0.39 is 0 Å². The van der Waals surface area contributed by atoms with E-state index in [1.54, 1.807) is 6.07 Å². The summed E-state index contributed by atoms with van der Waals surface area (Å²) in [5, 5.41) is 12.1. The van der Waals surface area contributed by atoms with Crippen LogP contribution in [0, 0.1) is 13.8 Å². The number of phenolic OH excluding ortho intramolecular Hbond substituents is 1. The van der Waals surface area contributed by atoms with Crippen molar-refractivity contribution in [1.29, 1.82) is 0 Å². The molecule has 1 saturated heterocycles. The standard InChI is InChI=1S/C21H22N6O/c1-12-5-7-15(28)13(2)18(12)27-20-14(17-19(22)23-11-24-21(17)27)6-8-16(25-20)26-9-3-4-10-26/h5-8,11,28H,3-4,9-10H2,1-2H3,(H2,22,23,24). The van der Waals surface area contributed by atoms with Crippen molar-refractivity contribution in [3.8, 4) is 11.4 Å². The summed E-state index contributed by atoms with van der Waals surface area (Å²) in [6.45, 7) is 5.97. The maximum atomic E-state index is 10.3. The molecule has 1 fully saturated rings. The number of aromatic nitrogens is 4. The molecule has 1 aromatic carbocycles. The normalized spacial score (nSPS) is 14.4. The average molecular weight is 374 g/mol. The Morgan fingerprint density at radius 3 is 2.57 bits per heavy atom. The number of benzene rings is 1. The molecule has 3 aromatic heterocycles. The zero-order chi connectivity index (χ0) is 19.4. The minimum atomic E-state index is 0.244. The van der Waals surface area contributed by atoms with Gasteiger partial charge in [0.2, 0.25) is 0 Å². The summed E-state index contributed by atoms with van der Waals surface area (Å²) < 4.78 is 2.01. The van der Waals surface area contributed by atoms with Crippen LogP contribution in [0.4, 0.5) is 11.6 Å². The Labute approximate surface area is 162 Å². The molecule has 5 rings (SSSR count). The molecule has 142 valence electrons. The predicted molar refractivity (Wildman–Crippen MR) is 111 cm³/mol. The summed E-state index contributed by atoms with van der Waals surface area (Å²) in [5.41, 5.74) is 10.4. The molecule has 4 heterocycles. The number of rotatable bonds is 2. The van der Waals surface area contributed by atoms with Crippen molar-refractivity contribution >= 4 is 33.7 Å². The Morgan fingerprint density at radius 2 is 1.79 bits per heavy atom. The Kier molecular flexibility index (Phi) is 3.65. The van der Waals surface area contributed by atoms with E-state index in [1.165, 1.54) is 19.2 Å². The van der Waals surface area contributed by atoms with Crippen molar-refractivity contribution < 1.29 is 5.11 Å². The van der Waals surface area contributed by atoms with E-state index in [1.807, 2.05) is 30.5 Å². The molecule has 0 atom stereocenters. The van der Waals surface area contributed by atoms with Crippen molar-refractivity contribution in [3.63, 3.8) is 0 Å². The lowest BCUT2D eigenvalue weighted by molar-refractivity contribution is 0.470. The number of hydrogen-bond acceptors (Lipinski definition) is 6. The molecular formula is C21H22N6O. The first kappa shape index (κ1) is 16.8. The Hall–Kier alpha value is -3.35. The second-order valence-electron chi connectivity index (χ2n) is 7.40. The first-order valence-corrected chi connectivity index (χ1v) is 9.52. The van der Waals surface area contributed by atoms with Crippen molar-refractivity contribution in [2.24, 2.45) is 0 Å². The summed E-state index contributed by atoms with van der Waals surface area (Å²) in [4.78, 5) is 16.0. The van der Waals surface area contributed by atoms with Gasteiger partial charge in [0.1, 0.15) is 29.4 Å². The molecule has 0 aliphatic carbocycles. The quantitative estimate of drug-likeness (QED) is 0.558. The summed E-state index contributed by atoms with van der Waals surface area (Å²) in [6, 6.07) is 7.73. The zero-order valence-corrected chi connectivity index (χ0v) is 16.0. The Morgan fingerprint density at radius 1 is 1.00 bits per heavy atom. The molecule has 0 bridgehead atoms. The minimum Gasteiger partial charge on any atom is -0.508 e. The van der Waals surface area contributed by atoms with E-state index in [0.717, 1.165) is 52.1 Å². The fourth-order valence-corrected chi connectivity index (χ4v) is 4.22. The lowest BCUT2D eigenvalue weighted by atomic mass is 10.1. The monoisotopic (exact) mass is 374 g/mol. The summed E-state index contributed by atoms with van der Waals surface area (Å²) in [7, 11) is 0. The molecule has 4 aromatic rings. The van der Waals surface area contributed by atoms with Crippen molar-refractivity contribution in [2.75, 3.05) is 23.7 Å². The van der Waals surface area contributed by atoms with Crippen LogP contribution in [0.25, 0.3) is 27.8 Å². The number of aryl methyl sites for hydroxylation is 1. The minimum absolute atomic E-state index is 0.244. The second kappa shape index (κ2) is 6.09. The van der Waals surface area contributed by atoms with Gasteiger partial charge in [0.05, 0.1) is 11.1 Å². The zero-order valence-electron chi connectivity index (χ0n) is 16.0. The van der Waals surface area contributed by atoms with Crippen molar-refractivity contribution in [1.82, 2.24) is 19.5 Å². The van der Waals surface area contributed by atoms with E-state index in [2.05, 4.69) is 20.9 Å². The lowest BCUT2D eigenvalue weighted by Crippen LogP contribution is -2.19. The van der Waals surface area contributed by atoms with E-state index in [9.17, 15) is 5.11 Å². The molecule has 0 saturated carbocycles. The smallest absolute Gasteiger partial charge is 0.152 e. The van der Waals surface area contributed by atoms with Gasteiger partial charge in [-0.05, 0) is 50.5 Å². The van der Waals surface area contributed by atoms with Crippen LogP contribution >= 0.6 is 0 Å². The van der Waals surface area contributed by atoms with Gasteiger partial charge < -0.3 is 15.7 Å². The highest BCUT2D eigenvalue weighted by Gasteiger charge is 2.22. The van der Waals surface area contributed by atoms with Crippen LogP contribution in [-0.4, -0.2) is 37.7 Å². The third-order valence-electron chi connectivity index (χ3n) is 5.67. The van der Waals surface area contributed by atoms with Gasteiger partial charge in [-0.15, -0.1) is 0 Å². The number of nitrogens with two attached hydrogens (primary N) is 1. The topological polar surface area (TPSA) is 93.1 Å². The first-order chi connectivity index (χ1) is 13.6. The number of pyridine rings is 1. The van der Waals surface area contributed by atoms with Gasteiger partial charge in [-0.2, -0.15) is 0 Å². The fraction of sp³-hybridized carbons (Fsp3) is 0.286. The molecule has 0 radical (unpaired) electrons. The highest BCUT2D eigenvalue weighted by Crippen LogP contribution is 2.37. The summed E-state index contributed by atoms with van der Waals surface area (Å²) >= 11 is 0. The largest absolute Gasteiger partial charge is 0.508 e. The van der Waals surface area contributed by atoms with Gasteiger partial charge in [-0.25, -0.2) is 15.0 Å². The molecule has 28 heavy (non-hydrogen) atoms. The summed E-state index contributed by atoms with van der Waals surface area (Å²) in [5.74, 6) is 1.63. The van der Waals surface area contributed by atoms with Gasteiger partial charge in [-0.1, -0.05) is 6.07 Å². The number of nitrogens with zero attached hydrogens (tertiary/aromatic N) is 5. The van der Waals surface area contributed by atoms with Crippen molar-refractivity contribution in [3.05, 3.63) is 41.7 Å². The fourth-order valence-electron chi connectivity index (χ4n) is 4.22. The Bertz CT molecular complexity index is 1220. The number of phenols is 1. The molecule has 7 nitrogen and oxygen atoms in total. The highest BCUT2D eigenvalue weighted by molar-refractivity contribution is 6.11. The highest BCUT2D eigenvalue weighted by atomic mass is 16.3. The third-order valence-corrected chi connectivity index (χ3v) is 5.67. The molecule has 1 aliphatic rings. The molecule has 0 amide bonds. The van der Waals surface area contributed by atoms with E-state index in [-0.39, 0.29) is 5.75 Å². The number of aromatic hydroxyl groups is 1. The molecular weight excluding hydrogens is 352 g/mol. The predicted octanol–water partition coefficient (Wildman–Crippen LogP) is 3.47. The van der Waals surface area contributed by atoms with Crippen LogP contribution in [0.1, 0.15) is 24.0 Å². The van der Waals surface area contributed by atoms with Crippen molar-refractivity contribution in [2.45, 2.75) is 26.7 Å². The maximum Gasteiger partial charge on any atom is 0.152 e. The number of nitrogen functional groups attached to an aromatic ring is 1. The van der Waals surface area contributed by atoms with Crippen LogP contribution in [-0.2, 0) is 0 Å². The van der Waals surface area contributed by atoms with Gasteiger partial charge >= 0.3 is 0 Å². The molecule has 7 heteroatoms. The van der Waals surface area contributed by atoms with Crippen LogP contribution in [0.15, 0.2) is 30.6 Å². The third kappa shape index (κ3) is 2.32. The number of anilines is 2. The van der Waals surface area contributed by atoms with E-state index in [0.29, 0.717) is 11.5 Å². The van der Waals surface area contributed by atoms with E-state index >= 15 is 0 Å². The van der Waals surface area contributed by atoms with Crippen LogP contribution in [0.3, 0.4) is 0 Å². The van der Waals surface area contributed by atoms with Gasteiger partial charge in [0, 0.05) is 24.0 Å². The molecule has 3 N–H and O–H groups in total. The van der Waals surface area contributed by atoms with Gasteiger partial charge in [0.15, 0.2) is 5.65 Å². The van der Waals surface area contributed by atoms with Gasteiger partial charge in [-0.3, -0.25) is 4.57 Å². The van der Waals surface area contributed by atoms with Crippen LogP contribution in [0.5, 0.6) is 5.75 Å². The molecule has 0 unspecified atom stereocenters. The Balaban J connectivity index is 1.92. The second-order valence-corrected chi connectivity index (χ2v) is 7.40.